The second-order valence-corrected chi connectivity index (χ2v) is 6.10. The highest BCUT2D eigenvalue weighted by Crippen LogP contribution is 2.29. The van der Waals surface area contributed by atoms with Gasteiger partial charge in [0.15, 0.2) is 0 Å². The van der Waals surface area contributed by atoms with Crippen molar-refractivity contribution >= 4 is 11.9 Å². The maximum absolute atomic E-state index is 11.8. The number of rotatable bonds is 6. The highest BCUT2D eigenvalue weighted by atomic mass is 16.5. The minimum absolute atomic E-state index is 0.175. The summed E-state index contributed by atoms with van der Waals surface area (Å²) in [5.41, 5.74) is 1.72. The van der Waals surface area contributed by atoms with Crippen LogP contribution in [-0.2, 0) is 19.1 Å². The lowest BCUT2D eigenvalue weighted by Crippen LogP contribution is -2.18. The van der Waals surface area contributed by atoms with Gasteiger partial charge in [0.05, 0.1) is 11.8 Å². The minimum Gasteiger partial charge on any atom is -0.458 e. The van der Waals surface area contributed by atoms with Crippen molar-refractivity contribution < 1.29 is 19.1 Å². The van der Waals surface area contributed by atoms with Gasteiger partial charge < -0.3 is 9.47 Å². The molecule has 0 saturated carbocycles. The van der Waals surface area contributed by atoms with E-state index < -0.39 is 0 Å². The van der Waals surface area contributed by atoms with Gasteiger partial charge in [0.25, 0.3) is 0 Å². The van der Waals surface area contributed by atoms with E-state index in [-0.39, 0.29) is 36.0 Å². The van der Waals surface area contributed by atoms with Crippen molar-refractivity contribution in [3.8, 4) is 0 Å². The number of hydrogen-bond acceptors (Lipinski definition) is 4. The largest absolute Gasteiger partial charge is 0.458 e. The molecule has 0 fully saturated rings. The van der Waals surface area contributed by atoms with Crippen molar-refractivity contribution in [2.24, 2.45) is 11.8 Å². The van der Waals surface area contributed by atoms with Gasteiger partial charge in [-0.1, -0.05) is 52.0 Å². The second-order valence-electron chi connectivity index (χ2n) is 6.10. The van der Waals surface area contributed by atoms with E-state index in [1.807, 2.05) is 38.1 Å². The SMILES string of the molecule is CC(C)C(=O)O[C@H](C)c1ccccc1[C@@H](C)OC(=O)C(C)C. The summed E-state index contributed by atoms with van der Waals surface area (Å²) >= 11 is 0. The van der Waals surface area contributed by atoms with Crippen LogP contribution in [0, 0.1) is 11.8 Å². The molecule has 122 valence electrons. The zero-order valence-electron chi connectivity index (χ0n) is 14.3. The van der Waals surface area contributed by atoms with E-state index in [4.69, 9.17) is 9.47 Å². The third-order valence-corrected chi connectivity index (χ3v) is 3.40. The highest BCUT2D eigenvalue weighted by Gasteiger charge is 2.22. The number of ether oxygens (including phenoxy) is 2. The van der Waals surface area contributed by atoms with E-state index >= 15 is 0 Å². The molecular weight excluding hydrogens is 280 g/mol. The Bertz CT molecular complexity index is 473. The Hall–Kier alpha value is -1.84. The molecule has 0 spiro atoms. The molecule has 22 heavy (non-hydrogen) atoms. The van der Waals surface area contributed by atoms with Crippen LogP contribution in [-0.4, -0.2) is 11.9 Å². The molecule has 0 heterocycles. The Kier molecular flexibility index (Phi) is 6.60. The first-order valence-corrected chi connectivity index (χ1v) is 7.73. The topological polar surface area (TPSA) is 52.6 Å². The van der Waals surface area contributed by atoms with E-state index in [2.05, 4.69) is 0 Å². The summed E-state index contributed by atoms with van der Waals surface area (Å²) in [4.78, 5) is 23.5. The van der Waals surface area contributed by atoms with Crippen molar-refractivity contribution in [3.63, 3.8) is 0 Å². The van der Waals surface area contributed by atoms with Gasteiger partial charge in [0.2, 0.25) is 0 Å². The van der Waals surface area contributed by atoms with Crippen molar-refractivity contribution in [1.82, 2.24) is 0 Å². The van der Waals surface area contributed by atoms with Gasteiger partial charge in [-0.15, -0.1) is 0 Å². The summed E-state index contributed by atoms with van der Waals surface area (Å²) in [5, 5.41) is 0. The standard InChI is InChI=1S/C18H26O4/c1-11(2)17(19)21-13(5)15-9-7-8-10-16(15)14(6)22-18(20)12(3)4/h7-14H,1-6H3/t13-,14-/m1/s1. The molecule has 0 aliphatic rings. The maximum Gasteiger partial charge on any atom is 0.308 e. The summed E-state index contributed by atoms with van der Waals surface area (Å²) < 4.78 is 10.9. The number of carbonyl (C=O) groups excluding carboxylic acids is 2. The van der Waals surface area contributed by atoms with Gasteiger partial charge in [-0.2, -0.15) is 0 Å². The smallest absolute Gasteiger partial charge is 0.308 e. The highest BCUT2D eigenvalue weighted by molar-refractivity contribution is 5.72. The normalized spacial score (nSPS) is 13.8. The fourth-order valence-electron chi connectivity index (χ4n) is 2.00. The Morgan fingerprint density at radius 1 is 0.727 bits per heavy atom. The van der Waals surface area contributed by atoms with E-state index in [1.165, 1.54) is 0 Å². The van der Waals surface area contributed by atoms with Gasteiger partial charge >= 0.3 is 11.9 Å². The Labute approximate surface area is 132 Å². The number of hydrogen-bond donors (Lipinski definition) is 0. The third kappa shape index (κ3) is 4.86. The molecule has 0 unspecified atom stereocenters. The summed E-state index contributed by atoms with van der Waals surface area (Å²) in [5.74, 6) is -0.833. The first-order chi connectivity index (χ1) is 10.2. The predicted molar refractivity (Wildman–Crippen MR) is 85.1 cm³/mol. The van der Waals surface area contributed by atoms with Crippen LogP contribution in [0.15, 0.2) is 24.3 Å². The third-order valence-electron chi connectivity index (χ3n) is 3.40. The fraction of sp³-hybridized carbons (Fsp3) is 0.556. The summed E-state index contributed by atoms with van der Waals surface area (Å²) in [6, 6.07) is 7.56. The average molecular weight is 306 g/mol. The van der Waals surface area contributed by atoms with Crippen molar-refractivity contribution in [3.05, 3.63) is 35.4 Å². The van der Waals surface area contributed by atoms with Crippen LogP contribution in [0.3, 0.4) is 0 Å². The van der Waals surface area contributed by atoms with E-state index in [1.54, 1.807) is 27.7 Å². The number of esters is 2. The molecule has 0 radical (unpaired) electrons. The molecule has 0 aliphatic heterocycles. The summed E-state index contributed by atoms with van der Waals surface area (Å²) in [7, 11) is 0. The molecule has 4 heteroatoms. The van der Waals surface area contributed by atoms with Gasteiger partial charge in [-0.25, -0.2) is 0 Å². The van der Waals surface area contributed by atoms with Crippen LogP contribution in [0.5, 0.6) is 0 Å². The fourth-order valence-corrected chi connectivity index (χ4v) is 2.00. The van der Waals surface area contributed by atoms with Gasteiger partial charge in [-0.05, 0) is 25.0 Å². The van der Waals surface area contributed by atoms with Crippen LogP contribution < -0.4 is 0 Å². The maximum atomic E-state index is 11.8. The zero-order valence-corrected chi connectivity index (χ0v) is 14.3. The Morgan fingerprint density at radius 3 is 1.32 bits per heavy atom. The van der Waals surface area contributed by atoms with Crippen LogP contribution in [0.25, 0.3) is 0 Å². The van der Waals surface area contributed by atoms with Gasteiger partial charge in [0, 0.05) is 0 Å². The average Bonchev–Trinajstić information content (AvgIpc) is 2.46. The predicted octanol–water partition coefficient (Wildman–Crippen LogP) is 4.21. The molecule has 0 amide bonds. The molecule has 4 nitrogen and oxygen atoms in total. The first kappa shape index (κ1) is 18.2. The quantitative estimate of drug-likeness (QED) is 0.739. The van der Waals surface area contributed by atoms with E-state index in [0.717, 1.165) is 11.1 Å². The number of carbonyl (C=O) groups is 2. The molecule has 0 saturated heterocycles. The first-order valence-electron chi connectivity index (χ1n) is 7.73. The van der Waals surface area contributed by atoms with Crippen LogP contribution in [0.2, 0.25) is 0 Å². The lowest BCUT2D eigenvalue weighted by atomic mass is 9.99. The van der Waals surface area contributed by atoms with E-state index in [9.17, 15) is 9.59 Å². The molecular formula is C18H26O4. The zero-order chi connectivity index (χ0) is 16.9. The lowest BCUT2D eigenvalue weighted by Gasteiger charge is -2.22. The second kappa shape index (κ2) is 7.97. The summed E-state index contributed by atoms with van der Waals surface area (Å²) in [6.45, 7) is 10.9. The molecule has 0 aliphatic carbocycles. The van der Waals surface area contributed by atoms with Crippen molar-refractivity contribution in [2.75, 3.05) is 0 Å². The number of benzene rings is 1. The van der Waals surface area contributed by atoms with Crippen molar-refractivity contribution in [2.45, 2.75) is 53.8 Å². The van der Waals surface area contributed by atoms with Gasteiger partial charge in [-0.3, -0.25) is 9.59 Å². The molecule has 2 atom stereocenters. The monoisotopic (exact) mass is 306 g/mol. The Balaban J connectivity index is 2.93. The molecule has 0 N–H and O–H groups in total. The van der Waals surface area contributed by atoms with Gasteiger partial charge in [0.1, 0.15) is 12.2 Å². The van der Waals surface area contributed by atoms with Crippen LogP contribution >= 0.6 is 0 Å². The minimum atomic E-state index is -0.383. The molecule has 1 aromatic carbocycles. The molecule has 1 aromatic rings. The molecule has 0 bridgehead atoms. The van der Waals surface area contributed by atoms with Crippen LogP contribution in [0.1, 0.15) is 64.9 Å². The molecule has 1 rings (SSSR count). The lowest BCUT2D eigenvalue weighted by molar-refractivity contribution is -0.154. The van der Waals surface area contributed by atoms with Crippen molar-refractivity contribution in [1.29, 1.82) is 0 Å². The molecule has 0 aromatic heterocycles. The van der Waals surface area contributed by atoms with E-state index in [0.29, 0.717) is 0 Å². The van der Waals surface area contributed by atoms with Crippen LogP contribution in [0.4, 0.5) is 0 Å². The Morgan fingerprint density at radius 2 is 1.05 bits per heavy atom. The summed E-state index contributed by atoms with van der Waals surface area (Å²) in [6.07, 6.45) is -0.766.